The number of carbonyl (C=O) groups excluding carboxylic acids is 3. The Kier molecular flexibility index (Phi) is 9.99. The summed E-state index contributed by atoms with van der Waals surface area (Å²) in [6, 6.07) is 8.15. The van der Waals surface area contributed by atoms with Crippen LogP contribution in [0, 0.1) is 0 Å². The van der Waals surface area contributed by atoms with E-state index in [4.69, 9.17) is 5.73 Å². The van der Waals surface area contributed by atoms with E-state index in [0.717, 1.165) is 0 Å². The van der Waals surface area contributed by atoms with Crippen molar-refractivity contribution < 1.29 is 39.6 Å². The molecule has 0 saturated carbocycles. The molecule has 35 heavy (non-hydrogen) atoms. The Morgan fingerprint density at radius 3 is 1.77 bits per heavy atom. The van der Waals surface area contributed by atoms with Gasteiger partial charge in [-0.1, -0.05) is 24.3 Å². The van der Waals surface area contributed by atoms with Gasteiger partial charge in [-0.2, -0.15) is 0 Å². The second-order valence-corrected chi connectivity index (χ2v) is 7.77. The van der Waals surface area contributed by atoms with E-state index in [2.05, 4.69) is 16.0 Å². The third kappa shape index (κ3) is 8.95. The molecule has 3 amide bonds. The number of benzene rings is 2. The third-order valence-electron chi connectivity index (χ3n) is 4.98. The number of aromatic hydroxyl groups is 2. The van der Waals surface area contributed by atoms with Crippen molar-refractivity contribution in [1.29, 1.82) is 0 Å². The lowest BCUT2D eigenvalue weighted by molar-refractivity contribution is -0.141. The van der Waals surface area contributed by atoms with Crippen molar-refractivity contribution >= 4 is 23.7 Å². The van der Waals surface area contributed by atoms with Crippen LogP contribution in [0.3, 0.4) is 0 Å². The molecular formula is C23H28N4O8. The van der Waals surface area contributed by atoms with Crippen LogP contribution in [0.1, 0.15) is 11.1 Å². The van der Waals surface area contributed by atoms with Crippen LogP contribution in [0.4, 0.5) is 0 Å². The molecule has 0 aromatic heterocycles. The molecule has 3 atom stereocenters. The maximum atomic E-state index is 12.3. The summed E-state index contributed by atoms with van der Waals surface area (Å²) in [6.07, 6.45) is 0.0649. The molecule has 2 rings (SSSR count). The minimum atomic E-state index is -1.38. The van der Waals surface area contributed by atoms with Crippen LogP contribution in [0.15, 0.2) is 48.5 Å². The first-order chi connectivity index (χ1) is 16.6. The number of aliphatic hydroxyl groups excluding tert-OH is 1. The summed E-state index contributed by atoms with van der Waals surface area (Å²) in [5.74, 6) is -3.59. The van der Waals surface area contributed by atoms with Crippen molar-refractivity contribution in [1.82, 2.24) is 16.0 Å². The number of amides is 3. The van der Waals surface area contributed by atoms with E-state index in [9.17, 15) is 39.6 Å². The van der Waals surface area contributed by atoms with Gasteiger partial charge in [-0.25, -0.2) is 4.79 Å². The molecule has 2 aromatic rings. The molecule has 0 saturated heterocycles. The van der Waals surface area contributed by atoms with Crippen LogP contribution in [-0.4, -0.2) is 75.4 Å². The quantitative estimate of drug-likeness (QED) is 0.172. The van der Waals surface area contributed by atoms with Gasteiger partial charge in [0.2, 0.25) is 17.7 Å². The molecule has 0 bridgehead atoms. The smallest absolute Gasteiger partial charge is 0.326 e. The Morgan fingerprint density at radius 1 is 0.771 bits per heavy atom. The maximum absolute atomic E-state index is 12.3. The second kappa shape index (κ2) is 12.9. The minimum Gasteiger partial charge on any atom is -0.508 e. The zero-order valence-corrected chi connectivity index (χ0v) is 18.7. The maximum Gasteiger partial charge on any atom is 0.326 e. The van der Waals surface area contributed by atoms with Crippen LogP contribution >= 0.6 is 0 Å². The molecule has 0 fully saturated rings. The number of nitrogens with two attached hydrogens (primary N) is 1. The van der Waals surface area contributed by atoms with Crippen LogP contribution in [0.25, 0.3) is 0 Å². The summed E-state index contributed by atoms with van der Waals surface area (Å²) < 4.78 is 0. The fourth-order valence-electron chi connectivity index (χ4n) is 3.06. The normalized spacial score (nSPS) is 13.2. The van der Waals surface area contributed by atoms with Crippen LogP contribution in [-0.2, 0) is 32.0 Å². The summed E-state index contributed by atoms with van der Waals surface area (Å²) in [4.78, 5) is 48.2. The Labute approximate surface area is 200 Å². The summed E-state index contributed by atoms with van der Waals surface area (Å²) >= 11 is 0. The van der Waals surface area contributed by atoms with Gasteiger partial charge in [-0.15, -0.1) is 0 Å². The number of carboxylic acid groups (broad SMARTS) is 1. The van der Waals surface area contributed by atoms with Gasteiger partial charge in [0, 0.05) is 6.42 Å². The first-order valence-corrected chi connectivity index (χ1v) is 10.6. The highest BCUT2D eigenvalue weighted by Crippen LogP contribution is 2.12. The molecule has 12 nitrogen and oxygen atoms in total. The number of carbonyl (C=O) groups is 4. The van der Waals surface area contributed by atoms with Gasteiger partial charge in [0.15, 0.2) is 0 Å². The molecule has 3 unspecified atom stereocenters. The molecule has 0 radical (unpaired) electrons. The molecule has 2 aromatic carbocycles. The molecule has 9 N–H and O–H groups in total. The Bertz CT molecular complexity index is 1030. The van der Waals surface area contributed by atoms with Gasteiger partial charge in [-0.05, 0) is 41.8 Å². The Morgan fingerprint density at radius 2 is 1.29 bits per heavy atom. The molecule has 0 heterocycles. The van der Waals surface area contributed by atoms with E-state index < -0.39 is 55.0 Å². The zero-order chi connectivity index (χ0) is 26.0. The van der Waals surface area contributed by atoms with Crippen molar-refractivity contribution in [2.24, 2.45) is 5.73 Å². The van der Waals surface area contributed by atoms with Crippen molar-refractivity contribution in [3.8, 4) is 11.5 Å². The standard InChI is InChI=1S/C23H28N4O8/c24-17(9-13-1-5-15(29)6-2-13)21(32)27-19(12-28)22(33)25-11-20(31)26-18(23(34)35)10-14-3-7-16(30)8-4-14/h1-8,17-19,28-30H,9-12,24H2,(H,25,33)(H,26,31)(H,27,32)(H,34,35). The highest BCUT2D eigenvalue weighted by atomic mass is 16.4. The lowest BCUT2D eigenvalue weighted by atomic mass is 10.1. The van der Waals surface area contributed by atoms with Gasteiger partial charge in [0.25, 0.3) is 0 Å². The topological polar surface area (TPSA) is 211 Å². The lowest BCUT2D eigenvalue weighted by Gasteiger charge is -2.19. The number of carboxylic acids is 1. The highest BCUT2D eigenvalue weighted by molar-refractivity contribution is 5.92. The Balaban J connectivity index is 1.84. The molecule has 0 aliphatic carbocycles. The number of hydrogen-bond acceptors (Lipinski definition) is 8. The van der Waals surface area contributed by atoms with Crippen molar-refractivity contribution in [2.45, 2.75) is 31.0 Å². The van der Waals surface area contributed by atoms with Crippen LogP contribution in [0.5, 0.6) is 11.5 Å². The largest absolute Gasteiger partial charge is 0.508 e. The van der Waals surface area contributed by atoms with Crippen molar-refractivity contribution in [2.75, 3.05) is 13.2 Å². The van der Waals surface area contributed by atoms with Crippen LogP contribution in [0.2, 0.25) is 0 Å². The second-order valence-electron chi connectivity index (χ2n) is 7.77. The van der Waals surface area contributed by atoms with E-state index in [1.807, 2.05) is 0 Å². The number of aliphatic carboxylic acids is 1. The molecule has 0 aliphatic heterocycles. The fraction of sp³-hybridized carbons (Fsp3) is 0.304. The predicted octanol–water partition coefficient (Wildman–Crippen LogP) is -1.63. The summed E-state index contributed by atoms with van der Waals surface area (Å²) in [5, 5.41) is 44.2. The summed E-state index contributed by atoms with van der Waals surface area (Å²) in [5.41, 5.74) is 7.08. The molecule has 188 valence electrons. The molecule has 0 aliphatic rings. The summed E-state index contributed by atoms with van der Waals surface area (Å²) in [6.45, 7) is -1.35. The number of phenolic OH excluding ortho intramolecular Hbond substituents is 2. The highest BCUT2D eigenvalue weighted by Gasteiger charge is 2.25. The van der Waals surface area contributed by atoms with E-state index in [1.165, 1.54) is 36.4 Å². The van der Waals surface area contributed by atoms with Crippen LogP contribution < -0.4 is 21.7 Å². The number of hydrogen-bond donors (Lipinski definition) is 8. The van der Waals surface area contributed by atoms with Gasteiger partial charge in [-0.3, -0.25) is 14.4 Å². The third-order valence-corrected chi connectivity index (χ3v) is 4.98. The number of phenols is 2. The zero-order valence-electron chi connectivity index (χ0n) is 18.7. The van der Waals surface area contributed by atoms with E-state index in [0.29, 0.717) is 11.1 Å². The average Bonchev–Trinajstić information content (AvgIpc) is 2.83. The average molecular weight is 488 g/mol. The van der Waals surface area contributed by atoms with Gasteiger partial charge < -0.3 is 42.1 Å². The summed E-state index contributed by atoms with van der Waals surface area (Å²) in [7, 11) is 0. The minimum absolute atomic E-state index is 0.0132. The molecule has 12 heteroatoms. The van der Waals surface area contributed by atoms with Gasteiger partial charge >= 0.3 is 5.97 Å². The van der Waals surface area contributed by atoms with Gasteiger partial charge in [0.05, 0.1) is 19.2 Å². The Hall–Kier alpha value is -4.16. The van der Waals surface area contributed by atoms with E-state index >= 15 is 0 Å². The van der Waals surface area contributed by atoms with Crippen molar-refractivity contribution in [3.05, 3.63) is 59.7 Å². The van der Waals surface area contributed by atoms with E-state index in [-0.39, 0.29) is 24.3 Å². The fourth-order valence-corrected chi connectivity index (χ4v) is 3.06. The predicted molar refractivity (Wildman–Crippen MR) is 123 cm³/mol. The first kappa shape index (κ1) is 27.1. The lowest BCUT2D eigenvalue weighted by Crippen LogP contribution is -2.55. The first-order valence-electron chi connectivity index (χ1n) is 10.6. The number of rotatable bonds is 12. The number of aliphatic hydroxyl groups is 1. The molecule has 0 spiro atoms. The van der Waals surface area contributed by atoms with Crippen molar-refractivity contribution in [3.63, 3.8) is 0 Å². The number of nitrogens with one attached hydrogen (secondary N) is 3. The SMILES string of the molecule is NC(Cc1ccc(O)cc1)C(=O)NC(CO)C(=O)NCC(=O)NC(Cc1ccc(O)cc1)C(=O)O. The van der Waals surface area contributed by atoms with E-state index in [1.54, 1.807) is 12.1 Å². The van der Waals surface area contributed by atoms with Gasteiger partial charge in [0.1, 0.15) is 23.6 Å². The monoisotopic (exact) mass is 488 g/mol. The molecular weight excluding hydrogens is 460 g/mol.